The highest BCUT2D eigenvalue weighted by atomic mass is 14.9. The van der Waals surface area contributed by atoms with Crippen LogP contribution in [0.5, 0.6) is 0 Å². The first-order chi connectivity index (χ1) is 8.72. The molecule has 3 atom stereocenters. The first-order valence-corrected chi connectivity index (χ1v) is 7.50. The molecule has 100 valence electrons. The van der Waals surface area contributed by atoms with Gasteiger partial charge in [0.15, 0.2) is 0 Å². The van der Waals surface area contributed by atoms with E-state index in [9.17, 15) is 0 Å². The summed E-state index contributed by atoms with van der Waals surface area (Å²) >= 11 is 0. The van der Waals surface area contributed by atoms with Crippen LogP contribution in [0.4, 0.5) is 0 Å². The van der Waals surface area contributed by atoms with E-state index in [4.69, 9.17) is 0 Å². The maximum Gasteiger partial charge on any atom is 0.00900 e. The average molecular weight is 245 g/mol. The fourth-order valence-corrected chi connectivity index (χ4v) is 3.00. The summed E-state index contributed by atoms with van der Waals surface area (Å²) in [5, 5.41) is 3.62. The third-order valence-corrected chi connectivity index (χ3v) is 4.27. The van der Waals surface area contributed by atoms with Crippen molar-refractivity contribution >= 4 is 0 Å². The van der Waals surface area contributed by atoms with E-state index in [0.29, 0.717) is 6.04 Å². The molecule has 2 rings (SSSR count). The van der Waals surface area contributed by atoms with Crippen molar-refractivity contribution in [3.05, 3.63) is 35.9 Å². The molecule has 0 spiro atoms. The van der Waals surface area contributed by atoms with Gasteiger partial charge < -0.3 is 5.32 Å². The first kappa shape index (κ1) is 13.6. The molecule has 0 aromatic heterocycles. The number of hydrogen-bond donors (Lipinski definition) is 1. The quantitative estimate of drug-likeness (QED) is 0.759. The Morgan fingerprint density at radius 1 is 1.22 bits per heavy atom. The minimum absolute atomic E-state index is 0.701. The Bertz CT molecular complexity index is 344. The maximum absolute atomic E-state index is 3.62. The molecular weight excluding hydrogens is 218 g/mol. The molecule has 1 aromatic carbocycles. The average Bonchev–Trinajstić information content (AvgIpc) is 3.15. The van der Waals surface area contributed by atoms with Crippen LogP contribution >= 0.6 is 0 Å². The Labute approximate surface area is 112 Å². The first-order valence-electron chi connectivity index (χ1n) is 7.50. The summed E-state index contributed by atoms with van der Waals surface area (Å²) < 4.78 is 0. The molecule has 1 aromatic rings. The van der Waals surface area contributed by atoms with E-state index < -0.39 is 0 Å². The van der Waals surface area contributed by atoms with Crippen molar-refractivity contribution in [1.82, 2.24) is 5.32 Å². The summed E-state index contributed by atoms with van der Waals surface area (Å²) in [5.41, 5.74) is 1.55. The van der Waals surface area contributed by atoms with Crippen LogP contribution in [0.3, 0.4) is 0 Å². The largest absolute Gasteiger partial charge is 0.314 e. The van der Waals surface area contributed by atoms with Crippen LogP contribution in [0, 0.1) is 11.8 Å². The predicted molar refractivity (Wildman–Crippen MR) is 78.8 cm³/mol. The van der Waals surface area contributed by atoms with Crippen molar-refractivity contribution in [3.63, 3.8) is 0 Å². The summed E-state index contributed by atoms with van der Waals surface area (Å²) in [5.74, 6) is 2.53. The van der Waals surface area contributed by atoms with Gasteiger partial charge in [0.2, 0.25) is 0 Å². The minimum Gasteiger partial charge on any atom is -0.314 e. The normalized spacial score (nSPS) is 24.2. The molecule has 18 heavy (non-hydrogen) atoms. The lowest BCUT2D eigenvalue weighted by atomic mass is 9.97. The maximum atomic E-state index is 3.62. The van der Waals surface area contributed by atoms with E-state index in [1.54, 1.807) is 5.56 Å². The van der Waals surface area contributed by atoms with Gasteiger partial charge in [0.25, 0.3) is 0 Å². The molecule has 0 heterocycles. The second-order valence-electron chi connectivity index (χ2n) is 6.00. The smallest absolute Gasteiger partial charge is 0.00900 e. The van der Waals surface area contributed by atoms with Gasteiger partial charge >= 0.3 is 0 Å². The molecule has 1 nitrogen and oxygen atoms in total. The number of benzene rings is 1. The van der Waals surface area contributed by atoms with Crippen LogP contribution in [0.15, 0.2) is 30.3 Å². The Kier molecular flexibility index (Phi) is 4.82. The van der Waals surface area contributed by atoms with Crippen molar-refractivity contribution in [2.45, 2.75) is 52.0 Å². The molecule has 1 N–H and O–H groups in total. The van der Waals surface area contributed by atoms with Gasteiger partial charge in [0.05, 0.1) is 0 Å². The fraction of sp³-hybridized carbons (Fsp3) is 0.647. The monoisotopic (exact) mass is 245 g/mol. The fourth-order valence-electron chi connectivity index (χ4n) is 3.00. The van der Waals surface area contributed by atoms with E-state index in [2.05, 4.69) is 56.4 Å². The van der Waals surface area contributed by atoms with Crippen LogP contribution in [0.2, 0.25) is 0 Å². The van der Waals surface area contributed by atoms with Crippen LogP contribution in [0.25, 0.3) is 0 Å². The van der Waals surface area contributed by atoms with Gasteiger partial charge in [-0.15, -0.1) is 0 Å². The van der Waals surface area contributed by atoms with Gasteiger partial charge in [-0.25, -0.2) is 0 Å². The highest BCUT2D eigenvalue weighted by molar-refractivity contribution is 5.25. The van der Waals surface area contributed by atoms with Crippen molar-refractivity contribution < 1.29 is 0 Å². The molecular formula is C17H27N. The highest BCUT2D eigenvalue weighted by Crippen LogP contribution is 2.50. The lowest BCUT2D eigenvalue weighted by Gasteiger charge is -2.21. The second kappa shape index (κ2) is 6.38. The topological polar surface area (TPSA) is 12.0 Å². The molecule has 0 radical (unpaired) electrons. The van der Waals surface area contributed by atoms with Crippen LogP contribution < -0.4 is 5.32 Å². The molecule has 0 saturated heterocycles. The van der Waals surface area contributed by atoms with Crippen LogP contribution in [-0.2, 0) is 0 Å². The zero-order valence-electron chi connectivity index (χ0n) is 12.0. The molecule has 0 aliphatic heterocycles. The molecule has 1 fully saturated rings. The molecule has 1 aliphatic rings. The lowest BCUT2D eigenvalue weighted by molar-refractivity contribution is 0.368. The van der Waals surface area contributed by atoms with Gasteiger partial charge in [-0.2, -0.15) is 0 Å². The zero-order valence-corrected chi connectivity index (χ0v) is 12.0. The van der Waals surface area contributed by atoms with E-state index in [-0.39, 0.29) is 0 Å². The Morgan fingerprint density at radius 3 is 2.56 bits per heavy atom. The van der Waals surface area contributed by atoms with Gasteiger partial charge in [-0.3, -0.25) is 0 Å². The van der Waals surface area contributed by atoms with E-state index in [1.807, 2.05) is 0 Å². The van der Waals surface area contributed by atoms with Crippen LogP contribution in [0.1, 0.15) is 51.5 Å². The van der Waals surface area contributed by atoms with E-state index in [0.717, 1.165) is 24.3 Å². The van der Waals surface area contributed by atoms with Gasteiger partial charge in [0, 0.05) is 6.04 Å². The van der Waals surface area contributed by atoms with Crippen LogP contribution in [-0.4, -0.2) is 12.6 Å². The SMILES string of the molecule is CCNC(CCC1CC1c1ccccc1)C(C)C. The number of rotatable bonds is 7. The third kappa shape index (κ3) is 3.58. The van der Waals surface area contributed by atoms with E-state index in [1.165, 1.54) is 19.3 Å². The summed E-state index contributed by atoms with van der Waals surface area (Å²) in [6, 6.07) is 11.7. The number of nitrogens with one attached hydrogen (secondary N) is 1. The molecule has 0 bridgehead atoms. The summed E-state index contributed by atoms with van der Waals surface area (Å²) in [6.07, 6.45) is 4.12. The molecule has 0 amide bonds. The second-order valence-corrected chi connectivity index (χ2v) is 6.00. The van der Waals surface area contributed by atoms with Crippen molar-refractivity contribution in [2.24, 2.45) is 11.8 Å². The Hall–Kier alpha value is -0.820. The predicted octanol–water partition coefficient (Wildman–Crippen LogP) is 4.20. The molecule has 1 aliphatic carbocycles. The van der Waals surface area contributed by atoms with Gasteiger partial charge in [-0.05, 0) is 49.1 Å². The standard InChI is InChI=1S/C17H27N/c1-4-18-17(13(2)3)11-10-15-12-16(15)14-8-6-5-7-9-14/h5-9,13,15-18H,4,10-12H2,1-3H3. The number of hydrogen-bond acceptors (Lipinski definition) is 1. The Balaban J connectivity index is 1.76. The molecule has 1 heteroatoms. The van der Waals surface area contributed by atoms with Gasteiger partial charge in [-0.1, -0.05) is 51.1 Å². The van der Waals surface area contributed by atoms with E-state index >= 15 is 0 Å². The van der Waals surface area contributed by atoms with Gasteiger partial charge in [0.1, 0.15) is 0 Å². The Morgan fingerprint density at radius 2 is 1.94 bits per heavy atom. The van der Waals surface area contributed by atoms with Crippen molar-refractivity contribution in [3.8, 4) is 0 Å². The summed E-state index contributed by atoms with van der Waals surface area (Å²) in [6.45, 7) is 7.96. The minimum atomic E-state index is 0.701. The summed E-state index contributed by atoms with van der Waals surface area (Å²) in [7, 11) is 0. The zero-order chi connectivity index (χ0) is 13.0. The summed E-state index contributed by atoms with van der Waals surface area (Å²) in [4.78, 5) is 0. The molecule has 3 unspecified atom stereocenters. The lowest BCUT2D eigenvalue weighted by Crippen LogP contribution is -2.33. The highest BCUT2D eigenvalue weighted by Gasteiger charge is 2.37. The van der Waals surface area contributed by atoms with Crippen molar-refractivity contribution in [1.29, 1.82) is 0 Å². The third-order valence-electron chi connectivity index (χ3n) is 4.27. The molecule has 1 saturated carbocycles. The van der Waals surface area contributed by atoms with Crippen molar-refractivity contribution in [2.75, 3.05) is 6.54 Å².